The fourth-order valence-corrected chi connectivity index (χ4v) is 5.78. The van der Waals surface area contributed by atoms with Crippen LogP contribution in [0.1, 0.15) is 21.5 Å². The lowest BCUT2D eigenvalue weighted by Gasteiger charge is -2.36. The van der Waals surface area contributed by atoms with E-state index in [-0.39, 0.29) is 5.91 Å². The van der Waals surface area contributed by atoms with E-state index in [4.69, 9.17) is 21.3 Å². The molecule has 4 aromatic rings. The Labute approximate surface area is 246 Å². The number of aromatic nitrogens is 1. The van der Waals surface area contributed by atoms with Crippen molar-refractivity contribution in [1.82, 2.24) is 9.88 Å². The predicted octanol–water partition coefficient (Wildman–Crippen LogP) is 6.11. The minimum atomic E-state index is 0.0581. The Morgan fingerprint density at radius 2 is 1.78 bits per heavy atom. The van der Waals surface area contributed by atoms with Crippen molar-refractivity contribution < 1.29 is 9.53 Å². The van der Waals surface area contributed by atoms with Gasteiger partial charge in [-0.05, 0) is 66.1 Å². The van der Waals surface area contributed by atoms with Gasteiger partial charge in [0.1, 0.15) is 11.6 Å². The van der Waals surface area contributed by atoms with Crippen molar-refractivity contribution in [3.05, 3.63) is 101 Å². The quantitative estimate of drug-likeness (QED) is 0.303. The van der Waals surface area contributed by atoms with Crippen LogP contribution in [-0.2, 0) is 6.54 Å². The Bertz CT molecular complexity index is 1570. The first-order chi connectivity index (χ1) is 20.0. The largest absolute Gasteiger partial charge is 0.497 e. The first-order valence-electron chi connectivity index (χ1n) is 14.0. The van der Waals surface area contributed by atoms with Crippen LogP contribution in [0.15, 0.2) is 79.0 Å². The number of nitrogens with one attached hydrogen (secondary N) is 1. The second kappa shape index (κ2) is 11.7. The predicted molar refractivity (Wildman–Crippen MR) is 167 cm³/mol. The second-order valence-electron chi connectivity index (χ2n) is 10.6. The van der Waals surface area contributed by atoms with Gasteiger partial charge in [-0.2, -0.15) is 0 Å². The van der Waals surface area contributed by atoms with Gasteiger partial charge in [0.25, 0.3) is 5.91 Å². The zero-order valence-corrected chi connectivity index (χ0v) is 24.2. The molecule has 2 aliphatic heterocycles. The normalized spacial score (nSPS) is 14.9. The van der Waals surface area contributed by atoms with E-state index < -0.39 is 0 Å². The van der Waals surface area contributed by atoms with Gasteiger partial charge in [0.05, 0.1) is 12.8 Å². The molecule has 210 valence electrons. The monoisotopic (exact) mass is 567 g/mol. The summed E-state index contributed by atoms with van der Waals surface area (Å²) in [6, 6.07) is 24.2. The number of pyridine rings is 1. The zero-order chi connectivity index (χ0) is 28.3. The lowest BCUT2D eigenvalue weighted by Crippen LogP contribution is -2.48. The maximum Gasteiger partial charge on any atom is 0.253 e. The number of methoxy groups -OCH3 is 1. The molecule has 0 unspecified atom stereocenters. The van der Waals surface area contributed by atoms with Crippen molar-refractivity contribution in [3.63, 3.8) is 0 Å². The third kappa shape index (κ3) is 5.81. The number of amides is 1. The number of benzene rings is 3. The molecule has 2 aliphatic rings. The number of hydrogen-bond acceptors (Lipinski definition) is 6. The van der Waals surface area contributed by atoms with Crippen LogP contribution in [0.4, 0.5) is 17.2 Å². The van der Waals surface area contributed by atoms with E-state index in [1.54, 1.807) is 7.11 Å². The molecule has 0 aliphatic carbocycles. The van der Waals surface area contributed by atoms with Crippen LogP contribution in [-0.4, -0.2) is 62.2 Å². The van der Waals surface area contributed by atoms with Crippen LogP contribution < -0.4 is 19.9 Å². The summed E-state index contributed by atoms with van der Waals surface area (Å²) in [5.74, 6) is 1.77. The topological polar surface area (TPSA) is 60.9 Å². The van der Waals surface area contributed by atoms with E-state index in [0.717, 1.165) is 71.8 Å². The summed E-state index contributed by atoms with van der Waals surface area (Å²) in [7, 11) is 1.68. The highest BCUT2D eigenvalue weighted by atomic mass is 35.5. The molecule has 1 fully saturated rings. The maximum atomic E-state index is 13.5. The van der Waals surface area contributed by atoms with Crippen LogP contribution >= 0.6 is 11.6 Å². The van der Waals surface area contributed by atoms with Crippen molar-refractivity contribution in [3.8, 4) is 16.9 Å². The molecular weight excluding hydrogens is 534 g/mol. The summed E-state index contributed by atoms with van der Waals surface area (Å²) in [4.78, 5) is 24.9. The first kappa shape index (κ1) is 27.0. The van der Waals surface area contributed by atoms with Gasteiger partial charge in [0.15, 0.2) is 0 Å². The van der Waals surface area contributed by atoms with Crippen LogP contribution in [0.2, 0.25) is 5.02 Å². The number of fused-ring (bicyclic) bond motifs is 1. The molecule has 0 atom stereocenters. The minimum Gasteiger partial charge on any atom is -0.497 e. The van der Waals surface area contributed by atoms with Crippen LogP contribution in [0.25, 0.3) is 11.1 Å². The second-order valence-corrected chi connectivity index (χ2v) is 11.0. The average molecular weight is 568 g/mol. The van der Waals surface area contributed by atoms with Gasteiger partial charge in [0.2, 0.25) is 0 Å². The number of halogens is 1. The van der Waals surface area contributed by atoms with Crippen LogP contribution in [0, 0.1) is 6.92 Å². The average Bonchev–Trinajstić information content (AvgIpc) is 3.02. The van der Waals surface area contributed by atoms with Gasteiger partial charge in [-0.3, -0.25) is 4.79 Å². The van der Waals surface area contributed by atoms with Gasteiger partial charge >= 0.3 is 0 Å². The minimum absolute atomic E-state index is 0.0581. The smallest absolute Gasteiger partial charge is 0.253 e. The summed E-state index contributed by atoms with van der Waals surface area (Å²) < 4.78 is 5.38. The van der Waals surface area contributed by atoms with Gasteiger partial charge < -0.3 is 24.8 Å². The summed E-state index contributed by atoms with van der Waals surface area (Å²) in [6.07, 6.45) is 1.89. The van der Waals surface area contributed by atoms with Gasteiger partial charge in [0, 0.05) is 79.9 Å². The Morgan fingerprint density at radius 1 is 0.951 bits per heavy atom. The number of hydrogen-bond donors (Lipinski definition) is 1. The van der Waals surface area contributed by atoms with Gasteiger partial charge in [-0.1, -0.05) is 35.9 Å². The third-order valence-corrected chi connectivity index (χ3v) is 8.22. The van der Waals surface area contributed by atoms with Crippen molar-refractivity contribution >= 4 is 34.7 Å². The molecule has 1 amide bonds. The molecule has 1 aromatic heterocycles. The molecule has 0 saturated carbocycles. The maximum absolute atomic E-state index is 13.5. The van der Waals surface area contributed by atoms with Gasteiger partial charge in [-0.15, -0.1) is 0 Å². The Hall–Kier alpha value is -4.23. The molecule has 6 rings (SSSR count). The Morgan fingerprint density at radius 3 is 2.61 bits per heavy atom. The highest BCUT2D eigenvalue weighted by molar-refractivity contribution is 6.30. The van der Waals surface area contributed by atoms with Crippen molar-refractivity contribution in [2.24, 2.45) is 0 Å². The lowest BCUT2D eigenvalue weighted by atomic mass is 10.0. The van der Waals surface area contributed by atoms with E-state index in [1.807, 2.05) is 65.7 Å². The first-order valence-corrected chi connectivity index (χ1v) is 14.4. The molecule has 0 spiro atoms. The number of aryl methyl sites for hydroxylation is 1. The summed E-state index contributed by atoms with van der Waals surface area (Å²) in [5.41, 5.74) is 7.25. The fourth-order valence-electron chi connectivity index (χ4n) is 5.59. The number of piperazine rings is 1. The number of nitrogens with zero attached hydrogens (tertiary/aromatic N) is 4. The molecule has 3 heterocycles. The van der Waals surface area contributed by atoms with E-state index >= 15 is 0 Å². The summed E-state index contributed by atoms with van der Waals surface area (Å²) in [5, 5.41) is 4.17. The van der Waals surface area contributed by atoms with Gasteiger partial charge in [-0.25, -0.2) is 4.98 Å². The molecule has 7 nitrogen and oxygen atoms in total. The molecule has 0 radical (unpaired) electrons. The van der Waals surface area contributed by atoms with E-state index in [2.05, 4.69) is 40.2 Å². The molecule has 0 bridgehead atoms. The van der Waals surface area contributed by atoms with Crippen molar-refractivity contribution in [2.45, 2.75) is 13.5 Å². The van der Waals surface area contributed by atoms with Crippen molar-refractivity contribution in [2.75, 3.05) is 61.5 Å². The van der Waals surface area contributed by atoms with E-state index in [1.165, 1.54) is 11.1 Å². The summed E-state index contributed by atoms with van der Waals surface area (Å²) in [6.45, 7) is 7.47. The lowest BCUT2D eigenvalue weighted by molar-refractivity contribution is 0.0747. The fraction of sp³-hybridized carbons (Fsp3) is 0.273. The van der Waals surface area contributed by atoms with Crippen molar-refractivity contribution in [1.29, 1.82) is 0 Å². The van der Waals surface area contributed by atoms with Crippen LogP contribution in [0.3, 0.4) is 0 Å². The van der Waals surface area contributed by atoms with E-state index in [0.29, 0.717) is 18.7 Å². The number of carbonyl (C=O) groups excluding carboxylic acids is 1. The zero-order valence-electron chi connectivity index (χ0n) is 23.4. The third-order valence-electron chi connectivity index (χ3n) is 7.98. The van der Waals surface area contributed by atoms with Crippen LogP contribution in [0.5, 0.6) is 5.75 Å². The molecule has 41 heavy (non-hydrogen) atoms. The molecular formula is C33H34ClN5O2. The molecule has 3 aromatic carbocycles. The molecule has 8 heteroatoms. The highest BCUT2D eigenvalue weighted by Crippen LogP contribution is 2.34. The molecule has 1 N–H and O–H groups in total. The molecule has 1 saturated heterocycles. The number of ether oxygens (including phenoxy) is 1. The SMILES string of the molecule is COc1cccc(N2CCN(C(=O)c3cccc(-c4cnc5c(c4)N(Cc4cc(Cl)ccc4C)CCN5)c3)CC2)c1. The Balaban J connectivity index is 1.18. The Kier molecular flexibility index (Phi) is 7.70. The van der Waals surface area contributed by atoms with E-state index in [9.17, 15) is 4.79 Å². The summed E-state index contributed by atoms with van der Waals surface area (Å²) >= 11 is 6.30. The number of rotatable bonds is 6. The number of carbonyl (C=O) groups is 1. The highest BCUT2D eigenvalue weighted by Gasteiger charge is 2.24. The standard InChI is InChI=1S/C33H34ClN5O2/c1-23-9-10-28(34)18-27(23)22-39-12-11-35-32-31(39)19-26(21-36-32)24-5-3-6-25(17-24)33(40)38-15-13-37(14-16-38)29-7-4-8-30(20-29)41-2/h3-10,17-21H,11-16,22H2,1-2H3,(H,35,36). The number of anilines is 3.